The fourth-order valence-electron chi connectivity index (χ4n) is 8.80. The van der Waals surface area contributed by atoms with Gasteiger partial charge in [0.05, 0.1) is 0 Å². The standard InChI is InChI=1S/C51H32O3/c1-4-25-52-39-21-17-34(18-22-39)50(53-26-5-2)42-29-36-14-12-33-20-24-41-43(51(54-27-6-3)38-16-11-31-9-7-8-10-35(31)28-38)30-37-15-13-32-19-23-40(42)48-44(32)47(37)49(41)45(33)46(36)48/h1-3,7-24,28-30,50-51H,25-27H2. The van der Waals surface area contributed by atoms with Gasteiger partial charge < -0.3 is 14.2 Å². The predicted octanol–water partition coefficient (Wildman–Crippen LogP) is 11.6. The van der Waals surface area contributed by atoms with Crippen LogP contribution in [0.2, 0.25) is 0 Å². The zero-order valence-corrected chi connectivity index (χ0v) is 29.4. The molecule has 2 atom stereocenters. The Bertz CT molecular complexity index is 3130. The fraction of sp³-hybridized carbons (Fsp3) is 0.0980. The molecule has 0 aromatic heterocycles. The second kappa shape index (κ2) is 12.7. The molecular weight excluding hydrogens is 661 g/mol. The molecule has 2 unspecified atom stereocenters. The summed E-state index contributed by atoms with van der Waals surface area (Å²) in [6.45, 7) is 0.573. The van der Waals surface area contributed by atoms with Crippen LogP contribution in [-0.2, 0) is 9.47 Å². The minimum Gasteiger partial charge on any atom is -0.481 e. The van der Waals surface area contributed by atoms with E-state index in [0.29, 0.717) is 5.75 Å². The van der Waals surface area contributed by atoms with Crippen molar-refractivity contribution in [3.05, 3.63) is 150 Å². The lowest BCUT2D eigenvalue weighted by Gasteiger charge is -2.27. The molecule has 0 bridgehead atoms. The molecule has 10 aromatic rings. The topological polar surface area (TPSA) is 27.7 Å². The molecule has 0 radical (unpaired) electrons. The smallest absolute Gasteiger partial charge is 0.148 e. The van der Waals surface area contributed by atoms with E-state index in [-0.39, 0.29) is 25.9 Å². The van der Waals surface area contributed by atoms with Gasteiger partial charge in [-0.05, 0) is 128 Å². The lowest BCUT2D eigenvalue weighted by atomic mass is 9.79. The molecule has 0 amide bonds. The second-order valence-corrected chi connectivity index (χ2v) is 13.9. The van der Waals surface area contributed by atoms with Gasteiger partial charge in [0.25, 0.3) is 0 Å². The summed E-state index contributed by atoms with van der Waals surface area (Å²) in [5, 5.41) is 16.9. The quantitative estimate of drug-likeness (QED) is 0.0811. The SMILES string of the molecule is C#CCOc1ccc(C(OCC#C)c2cc3ccc4ccc5c(C(OCC#C)c6ccc7ccccc7c6)cc6ccc7ccc2c2c7c6c5c4c32)cc1. The van der Waals surface area contributed by atoms with Crippen LogP contribution in [0.15, 0.2) is 127 Å². The molecule has 254 valence electrons. The van der Waals surface area contributed by atoms with E-state index in [4.69, 9.17) is 33.5 Å². The van der Waals surface area contributed by atoms with Crippen molar-refractivity contribution in [1.82, 2.24) is 0 Å². The molecule has 0 heterocycles. The van der Waals surface area contributed by atoms with E-state index in [1.165, 1.54) is 59.2 Å². The van der Waals surface area contributed by atoms with Crippen molar-refractivity contribution in [3.63, 3.8) is 0 Å². The first-order valence-electron chi connectivity index (χ1n) is 18.1. The monoisotopic (exact) mass is 692 g/mol. The third-order valence-corrected chi connectivity index (χ3v) is 11.0. The van der Waals surface area contributed by atoms with Gasteiger partial charge in [0.1, 0.15) is 37.8 Å². The van der Waals surface area contributed by atoms with E-state index in [1.54, 1.807) is 0 Å². The van der Waals surface area contributed by atoms with Crippen LogP contribution in [0.1, 0.15) is 34.5 Å². The first kappa shape index (κ1) is 31.9. The van der Waals surface area contributed by atoms with E-state index in [9.17, 15) is 0 Å². The Labute approximate surface area is 313 Å². The number of ether oxygens (including phenoxy) is 3. The number of benzene rings is 10. The maximum absolute atomic E-state index is 6.59. The Balaban J connectivity index is 1.26. The number of hydrogen-bond acceptors (Lipinski definition) is 3. The number of hydrogen-bond donors (Lipinski definition) is 0. The van der Waals surface area contributed by atoms with Gasteiger partial charge in [-0.3, -0.25) is 0 Å². The average Bonchev–Trinajstić information content (AvgIpc) is 3.22. The summed E-state index contributed by atoms with van der Waals surface area (Å²) in [4.78, 5) is 0. The van der Waals surface area contributed by atoms with Crippen LogP contribution in [0.25, 0.3) is 75.4 Å². The Morgan fingerprint density at radius 3 is 1.44 bits per heavy atom. The lowest BCUT2D eigenvalue weighted by molar-refractivity contribution is 0.109. The highest BCUT2D eigenvalue weighted by Gasteiger charge is 2.28. The third-order valence-electron chi connectivity index (χ3n) is 11.0. The van der Waals surface area contributed by atoms with Crippen molar-refractivity contribution in [2.24, 2.45) is 0 Å². The Morgan fingerprint density at radius 2 is 0.870 bits per heavy atom. The van der Waals surface area contributed by atoms with Crippen molar-refractivity contribution in [1.29, 1.82) is 0 Å². The van der Waals surface area contributed by atoms with Crippen LogP contribution in [-0.4, -0.2) is 19.8 Å². The summed E-state index contributed by atoms with van der Waals surface area (Å²) in [7, 11) is 0. The normalized spacial score (nSPS) is 13.0. The molecule has 10 aromatic carbocycles. The van der Waals surface area contributed by atoms with Gasteiger partial charge in [0.2, 0.25) is 0 Å². The van der Waals surface area contributed by atoms with Crippen LogP contribution in [0.3, 0.4) is 0 Å². The summed E-state index contributed by atoms with van der Waals surface area (Å²) < 4.78 is 18.8. The van der Waals surface area contributed by atoms with Crippen molar-refractivity contribution < 1.29 is 14.2 Å². The van der Waals surface area contributed by atoms with Gasteiger partial charge in [0, 0.05) is 0 Å². The largest absolute Gasteiger partial charge is 0.481 e. The fourth-order valence-corrected chi connectivity index (χ4v) is 8.80. The highest BCUT2D eigenvalue weighted by atomic mass is 16.5. The molecule has 3 heteroatoms. The molecule has 0 aliphatic carbocycles. The van der Waals surface area contributed by atoms with Crippen LogP contribution in [0, 0.1) is 37.0 Å². The molecular formula is C51H32O3. The third kappa shape index (κ3) is 4.83. The molecule has 0 aliphatic heterocycles. The molecule has 0 saturated carbocycles. The Kier molecular flexibility index (Phi) is 7.50. The van der Waals surface area contributed by atoms with Gasteiger partial charge in [-0.2, -0.15) is 0 Å². The average molecular weight is 693 g/mol. The first-order valence-corrected chi connectivity index (χ1v) is 18.1. The van der Waals surface area contributed by atoms with E-state index in [2.05, 4.69) is 121 Å². The van der Waals surface area contributed by atoms with E-state index in [0.717, 1.165) is 38.4 Å². The van der Waals surface area contributed by atoms with Crippen LogP contribution < -0.4 is 4.74 Å². The zero-order valence-electron chi connectivity index (χ0n) is 29.4. The second-order valence-electron chi connectivity index (χ2n) is 13.9. The summed E-state index contributed by atoms with van der Waals surface area (Å²) in [6, 6.07) is 45.5. The zero-order chi connectivity index (χ0) is 36.3. The van der Waals surface area contributed by atoms with Crippen molar-refractivity contribution in [2.75, 3.05) is 19.8 Å². The molecule has 3 nitrogen and oxygen atoms in total. The van der Waals surface area contributed by atoms with Gasteiger partial charge in [-0.25, -0.2) is 0 Å². The van der Waals surface area contributed by atoms with Crippen LogP contribution in [0.5, 0.6) is 5.75 Å². The summed E-state index contributed by atoms with van der Waals surface area (Å²) in [5.74, 6) is 8.66. The van der Waals surface area contributed by atoms with Crippen LogP contribution in [0.4, 0.5) is 0 Å². The van der Waals surface area contributed by atoms with Gasteiger partial charge in [0.15, 0.2) is 0 Å². The number of rotatable bonds is 10. The number of terminal acetylenes is 3. The minimum absolute atomic E-state index is 0.168. The minimum atomic E-state index is -0.407. The summed E-state index contributed by atoms with van der Waals surface area (Å²) in [5.41, 5.74) is 4.22. The first-order chi connectivity index (χ1) is 26.7. The molecule has 54 heavy (non-hydrogen) atoms. The molecule has 0 spiro atoms. The van der Waals surface area contributed by atoms with E-state index in [1.807, 2.05) is 24.3 Å². The maximum Gasteiger partial charge on any atom is 0.148 e. The van der Waals surface area contributed by atoms with Gasteiger partial charge in [-0.1, -0.05) is 115 Å². The molecule has 10 rings (SSSR count). The van der Waals surface area contributed by atoms with Gasteiger partial charge in [-0.15, -0.1) is 19.3 Å². The van der Waals surface area contributed by atoms with Crippen molar-refractivity contribution >= 4 is 75.4 Å². The van der Waals surface area contributed by atoms with Crippen molar-refractivity contribution in [3.8, 4) is 42.8 Å². The number of fused-ring (bicyclic) bond motifs is 1. The van der Waals surface area contributed by atoms with Crippen molar-refractivity contribution in [2.45, 2.75) is 12.2 Å². The Hall–Kier alpha value is -6.80. The molecule has 0 fully saturated rings. The molecule has 0 N–H and O–H groups in total. The van der Waals surface area contributed by atoms with Gasteiger partial charge >= 0.3 is 0 Å². The summed E-state index contributed by atoms with van der Waals surface area (Å²) >= 11 is 0. The molecule has 0 saturated heterocycles. The van der Waals surface area contributed by atoms with E-state index >= 15 is 0 Å². The van der Waals surface area contributed by atoms with Crippen LogP contribution >= 0.6 is 0 Å². The lowest BCUT2D eigenvalue weighted by Crippen LogP contribution is -2.09. The molecule has 0 aliphatic rings. The summed E-state index contributed by atoms with van der Waals surface area (Å²) in [6.07, 6.45) is 16.3. The highest BCUT2D eigenvalue weighted by Crippen LogP contribution is 2.52. The maximum atomic E-state index is 6.59. The highest BCUT2D eigenvalue weighted by molar-refractivity contribution is 6.45. The van der Waals surface area contributed by atoms with E-state index < -0.39 is 6.10 Å². The predicted molar refractivity (Wildman–Crippen MR) is 223 cm³/mol. The Morgan fingerprint density at radius 1 is 0.407 bits per heavy atom.